The summed E-state index contributed by atoms with van der Waals surface area (Å²) in [5.41, 5.74) is 6.12. The lowest BCUT2D eigenvalue weighted by Crippen LogP contribution is -2.06. The topological polar surface area (TPSA) is 101 Å². The van der Waals surface area contributed by atoms with Crippen LogP contribution in [0.5, 0.6) is 11.5 Å². The third kappa shape index (κ3) is 4.50. The maximum atomic E-state index is 11.0. The van der Waals surface area contributed by atoms with Gasteiger partial charge in [-0.1, -0.05) is 19.0 Å². The molecule has 0 bridgehead atoms. The highest BCUT2D eigenvalue weighted by atomic mass is 16.5. The Bertz CT molecular complexity index is 1070. The molecule has 1 unspecified atom stereocenters. The van der Waals surface area contributed by atoms with E-state index in [0.717, 1.165) is 40.2 Å². The first-order valence-electron chi connectivity index (χ1n) is 9.76. The largest absolute Gasteiger partial charge is 0.506 e. The zero-order valence-electron chi connectivity index (χ0n) is 17.5. The van der Waals surface area contributed by atoms with E-state index >= 15 is 0 Å². The Morgan fingerprint density at radius 3 is 2.66 bits per heavy atom. The highest BCUT2D eigenvalue weighted by Gasteiger charge is 2.16. The second-order valence-electron chi connectivity index (χ2n) is 7.44. The lowest BCUT2D eigenvalue weighted by molar-refractivity contribution is 0.283. The zero-order chi connectivity index (χ0) is 21.1. The molecule has 1 aromatic carbocycles. The Hall–Kier alpha value is -3.09. The van der Waals surface area contributed by atoms with E-state index in [9.17, 15) is 9.90 Å². The van der Waals surface area contributed by atoms with Gasteiger partial charge in [0.2, 0.25) is 0 Å². The van der Waals surface area contributed by atoms with Crippen LogP contribution in [0.25, 0.3) is 0 Å². The molecular weight excluding hydrogens is 370 g/mol. The van der Waals surface area contributed by atoms with Crippen LogP contribution >= 0.6 is 0 Å². The Kier molecular flexibility index (Phi) is 6.06. The van der Waals surface area contributed by atoms with Gasteiger partial charge in [-0.3, -0.25) is 14.5 Å². The van der Waals surface area contributed by atoms with Crippen molar-refractivity contribution in [2.24, 2.45) is 0 Å². The Morgan fingerprint density at radius 1 is 1.24 bits per heavy atom. The molecule has 2 aromatic heterocycles. The first-order chi connectivity index (χ1) is 13.8. The van der Waals surface area contributed by atoms with Crippen molar-refractivity contribution in [2.75, 3.05) is 0 Å². The van der Waals surface area contributed by atoms with Crippen molar-refractivity contribution in [3.8, 4) is 11.5 Å². The van der Waals surface area contributed by atoms with E-state index in [1.54, 1.807) is 6.07 Å². The minimum absolute atomic E-state index is 0.128. The fourth-order valence-corrected chi connectivity index (χ4v) is 3.33. The van der Waals surface area contributed by atoms with Crippen LogP contribution in [0.15, 0.2) is 27.5 Å². The van der Waals surface area contributed by atoms with Gasteiger partial charge >= 0.3 is 5.76 Å². The molecule has 2 heterocycles. The predicted octanol–water partition coefficient (Wildman–Crippen LogP) is 4.07. The molecule has 7 nitrogen and oxygen atoms in total. The van der Waals surface area contributed by atoms with Gasteiger partial charge < -0.3 is 9.84 Å². The van der Waals surface area contributed by atoms with Gasteiger partial charge in [0.1, 0.15) is 18.1 Å². The SMILES string of the molecule is CCC(C)c1nc(Cc2c(C)cc(OCc3noc(=O)[nH]3)c(C)c2C)ccc1O. The first-order valence-corrected chi connectivity index (χ1v) is 9.76. The van der Waals surface area contributed by atoms with E-state index in [0.29, 0.717) is 12.2 Å². The van der Waals surface area contributed by atoms with Crippen molar-refractivity contribution in [3.63, 3.8) is 0 Å². The molecule has 0 saturated heterocycles. The molecule has 3 aromatic rings. The molecule has 0 spiro atoms. The van der Waals surface area contributed by atoms with Gasteiger partial charge in [-0.15, -0.1) is 0 Å². The number of ether oxygens (including phenoxy) is 1. The average molecular weight is 397 g/mol. The van der Waals surface area contributed by atoms with Crippen LogP contribution in [0.2, 0.25) is 0 Å². The maximum Gasteiger partial charge on any atom is 0.439 e. The number of pyridine rings is 1. The Labute approximate surface area is 169 Å². The lowest BCUT2D eigenvalue weighted by atomic mass is 9.93. The molecule has 154 valence electrons. The third-order valence-corrected chi connectivity index (χ3v) is 5.45. The Balaban J connectivity index is 1.85. The molecule has 3 rings (SSSR count). The van der Waals surface area contributed by atoms with Crippen molar-refractivity contribution < 1.29 is 14.4 Å². The smallest absolute Gasteiger partial charge is 0.439 e. The standard InChI is InChI=1S/C22H27N3O4/c1-6-12(2)21-18(26)8-7-16(23-21)10-17-13(3)9-19(15(5)14(17)4)28-11-20-24-22(27)29-25-20/h7-9,12,26H,6,10-11H2,1-5H3,(H,24,25,27). The molecule has 29 heavy (non-hydrogen) atoms. The summed E-state index contributed by atoms with van der Waals surface area (Å²) in [4.78, 5) is 18.2. The van der Waals surface area contributed by atoms with Gasteiger partial charge in [-0.2, -0.15) is 0 Å². The molecule has 7 heteroatoms. The third-order valence-electron chi connectivity index (χ3n) is 5.45. The van der Waals surface area contributed by atoms with Crippen LogP contribution in [-0.4, -0.2) is 20.2 Å². The second kappa shape index (κ2) is 8.51. The van der Waals surface area contributed by atoms with E-state index in [-0.39, 0.29) is 18.3 Å². The van der Waals surface area contributed by atoms with Crippen LogP contribution in [0.1, 0.15) is 65.7 Å². The van der Waals surface area contributed by atoms with Crippen molar-refractivity contribution >= 4 is 0 Å². The molecule has 0 aliphatic carbocycles. The van der Waals surface area contributed by atoms with Crippen LogP contribution in [0.4, 0.5) is 0 Å². The number of nitrogens with one attached hydrogen (secondary N) is 1. The summed E-state index contributed by atoms with van der Waals surface area (Å²) in [6.45, 7) is 10.4. The van der Waals surface area contributed by atoms with Crippen molar-refractivity contribution in [3.05, 3.63) is 68.2 Å². The number of rotatable bonds is 7. The first kappa shape index (κ1) is 20.6. The van der Waals surface area contributed by atoms with E-state index in [1.807, 2.05) is 26.0 Å². The summed E-state index contributed by atoms with van der Waals surface area (Å²) in [5, 5.41) is 13.8. The lowest BCUT2D eigenvalue weighted by Gasteiger charge is -2.18. The summed E-state index contributed by atoms with van der Waals surface area (Å²) in [6, 6.07) is 5.60. The maximum absolute atomic E-state index is 11.0. The molecule has 0 amide bonds. The number of aryl methyl sites for hydroxylation is 1. The quantitative estimate of drug-likeness (QED) is 0.623. The Morgan fingerprint density at radius 2 is 2.00 bits per heavy atom. The van der Waals surface area contributed by atoms with Gasteiger partial charge in [0.15, 0.2) is 5.82 Å². The summed E-state index contributed by atoms with van der Waals surface area (Å²) in [7, 11) is 0. The van der Waals surface area contributed by atoms with Gasteiger partial charge in [0.25, 0.3) is 0 Å². The van der Waals surface area contributed by atoms with Gasteiger partial charge in [-0.25, -0.2) is 4.79 Å². The van der Waals surface area contributed by atoms with Gasteiger partial charge in [-0.05, 0) is 67.6 Å². The van der Waals surface area contributed by atoms with E-state index in [1.165, 1.54) is 5.56 Å². The highest BCUT2D eigenvalue weighted by molar-refractivity contribution is 5.49. The number of hydrogen-bond donors (Lipinski definition) is 2. The number of nitrogens with zero attached hydrogens (tertiary/aromatic N) is 2. The number of aromatic nitrogens is 3. The van der Waals surface area contributed by atoms with Crippen molar-refractivity contribution in [1.82, 2.24) is 15.1 Å². The summed E-state index contributed by atoms with van der Waals surface area (Å²) in [5.74, 6) is 0.951. The number of benzene rings is 1. The number of H-pyrrole nitrogens is 1. The van der Waals surface area contributed by atoms with Gasteiger partial charge in [0.05, 0.1) is 5.69 Å². The zero-order valence-corrected chi connectivity index (χ0v) is 17.5. The molecule has 0 saturated carbocycles. The minimum Gasteiger partial charge on any atom is -0.506 e. The molecule has 0 fully saturated rings. The molecule has 1 atom stereocenters. The average Bonchev–Trinajstić information content (AvgIpc) is 3.12. The number of hydrogen-bond acceptors (Lipinski definition) is 6. The van der Waals surface area contributed by atoms with Crippen molar-refractivity contribution in [2.45, 2.75) is 60.0 Å². The minimum atomic E-state index is -0.596. The molecule has 0 radical (unpaired) electrons. The predicted molar refractivity (Wildman–Crippen MR) is 110 cm³/mol. The summed E-state index contributed by atoms with van der Waals surface area (Å²) in [6.07, 6.45) is 1.60. The van der Waals surface area contributed by atoms with E-state index in [4.69, 9.17) is 9.72 Å². The van der Waals surface area contributed by atoms with Crippen molar-refractivity contribution in [1.29, 1.82) is 0 Å². The van der Waals surface area contributed by atoms with Crippen LogP contribution < -0.4 is 10.5 Å². The second-order valence-corrected chi connectivity index (χ2v) is 7.44. The van der Waals surface area contributed by atoms with Crippen LogP contribution in [0, 0.1) is 20.8 Å². The number of aromatic hydroxyl groups is 1. The normalized spacial score (nSPS) is 12.2. The summed E-state index contributed by atoms with van der Waals surface area (Å²) >= 11 is 0. The number of aromatic amines is 1. The molecule has 0 aliphatic rings. The summed E-state index contributed by atoms with van der Waals surface area (Å²) < 4.78 is 10.3. The molecule has 0 aliphatic heterocycles. The molecular formula is C22H27N3O4. The fraction of sp³-hybridized carbons (Fsp3) is 0.409. The van der Waals surface area contributed by atoms with E-state index < -0.39 is 5.76 Å². The fourth-order valence-electron chi connectivity index (χ4n) is 3.33. The molecule has 2 N–H and O–H groups in total. The van der Waals surface area contributed by atoms with Crippen LogP contribution in [0.3, 0.4) is 0 Å². The monoisotopic (exact) mass is 397 g/mol. The van der Waals surface area contributed by atoms with Gasteiger partial charge in [0, 0.05) is 18.0 Å². The highest BCUT2D eigenvalue weighted by Crippen LogP contribution is 2.31. The van der Waals surface area contributed by atoms with E-state index in [2.05, 4.69) is 35.4 Å². The van der Waals surface area contributed by atoms with Crippen LogP contribution in [-0.2, 0) is 13.0 Å².